The first-order chi connectivity index (χ1) is 15.6. The Balaban J connectivity index is 1.42. The van der Waals surface area contributed by atoms with Crippen molar-refractivity contribution in [1.29, 1.82) is 0 Å². The molecule has 9 heteroatoms. The Morgan fingerprint density at radius 1 is 1.09 bits per heavy atom. The summed E-state index contributed by atoms with van der Waals surface area (Å²) in [6, 6.07) is 3.96. The molecule has 0 radical (unpaired) electrons. The van der Waals surface area contributed by atoms with Crippen LogP contribution in [0, 0.1) is 6.92 Å². The Labute approximate surface area is 186 Å². The average molecular weight is 428 g/mol. The number of pyridine rings is 2. The van der Waals surface area contributed by atoms with Crippen molar-refractivity contribution in [3.8, 4) is 11.3 Å². The third-order valence-corrected chi connectivity index (χ3v) is 5.86. The minimum Gasteiger partial charge on any atom is -0.354 e. The van der Waals surface area contributed by atoms with Crippen LogP contribution in [0.5, 0.6) is 0 Å². The molecule has 0 spiro atoms. The Hall–Kier alpha value is -3.85. The summed E-state index contributed by atoms with van der Waals surface area (Å²) in [5.74, 6) is 1.01. The lowest BCUT2D eigenvalue weighted by Gasteiger charge is -2.34. The predicted molar refractivity (Wildman–Crippen MR) is 126 cm³/mol. The lowest BCUT2D eigenvalue weighted by atomic mass is 10.1. The van der Waals surface area contributed by atoms with Crippen LogP contribution in [-0.2, 0) is 0 Å². The van der Waals surface area contributed by atoms with Crippen LogP contribution in [0.2, 0.25) is 0 Å². The van der Waals surface area contributed by atoms with Gasteiger partial charge in [0, 0.05) is 67.0 Å². The van der Waals surface area contributed by atoms with Crippen molar-refractivity contribution in [3.63, 3.8) is 0 Å². The molecule has 4 aromatic heterocycles. The Morgan fingerprint density at radius 3 is 2.66 bits per heavy atom. The molecule has 1 aliphatic heterocycles. The monoisotopic (exact) mass is 427 g/mol. The molecule has 5 rings (SSSR count). The molecule has 0 atom stereocenters. The lowest BCUT2D eigenvalue weighted by Crippen LogP contribution is -2.45. The van der Waals surface area contributed by atoms with Gasteiger partial charge < -0.3 is 15.1 Å². The summed E-state index contributed by atoms with van der Waals surface area (Å²) in [6.07, 6.45) is 8.61. The van der Waals surface area contributed by atoms with Crippen LogP contribution in [0.4, 0.5) is 11.5 Å². The van der Waals surface area contributed by atoms with Crippen molar-refractivity contribution in [1.82, 2.24) is 35.0 Å². The van der Waals surface area contributed by atoms with E-state index in [9.17, 15) is 0 Å². The van der Waals surface area contributed by atoms with Crippen molar-refractivity contribution < 1.29 is 0 Å². The summed E-state index contributed by atoms with van der Waals surface area (Å²) in [5.41, 5.74) is 6.00. The minimum atomic E-state index is 0.705. The summed E-state index contributed by atoms with van der Waals surface area (Å²) in [4.78, 5) is 22.0. The number of rotatable bonds is 5. The number of hydrogen-bond acceptors (Lipinski definition) is 8. The van der Waals surface area contributed by atoms with Crippen molar-refractivity contribution in [2.24, 2.45) is 0 Å². The van der Waals surface area contributed by atoms with Gasteiger partial charge in [0.25, 0.3) is 0 Å². The van der Waals surface area contributed by atoms with E-state index in [2.05, 4.69) is 65.8 Å². The van der Waals surface area contributed by atoms with Crippen LogP contribution in [0.15, 0.2) is 49.8 Å². The van der Waals surface area contributed by atoms with Gasteiger partial charge in [0.15, 0.2) is 0 Å². The number of hydrogen-bond donors (Lipinski definition) is 2. The molecule has 0 amide bonds. The first kappa shape index (κ1) is 20.1. The number of H-pyrrole nitrogens is 1. The first-order valence-corrected chi connectivity index (χ1v) is 10.5. The summed E-state index contributed by atoms with van der Waals surface area (Å²) >= 11 is 0. The number of anilines is 2. The maximum absolute atomic E-state index is 4.65. The van der Waals surface area contributed by atoms with Gasteiger partial charge in [-0.3, -0.25) is 10.1 Å². The highest BCUT2D eigenvalue weighted by Crippen LogP contribution is 2.30. The van der Waals surface area contributed by atoms with E-state index in [1.807, 2.05) is 18.3 Å². The van der Waals surface area contributed by atoms with Gasteiger partial charge in [-0.1, -0.05) is 6.58 Å². The van der Waals surface area contributed by atoms with E-state index in [0.717, 1.165) is 71.1 Å². The van der Waals surface area contributed by atoms with Gasteiger partial charge in [0.1, 0.15) is 17.8 Å². The molecule has 5 heterocycles. The molecule has 2 N–H and O–H groups in total. The molecule has 0 aliphatic carbocycles. The fraction of sp³-hybridized carbons (Fsp3) is 0.261. The zero-order chi connectivity index (χ0) is 22.1. The van der Waals surface area contributed by atoms with E-state index in [1.54, 1.807) is 18.6 Å². The molecule has 1 aliphatic rings. The van der Waals surface area contributed by atoms with Gasteiger partial charge in [-0.25, -0.2) is 15.0 Å². The summed E-state index contributed by atoms with van der Waals surface area (Å²) < 4.78 is 0. The SMILES string of the molecule is C=C(Nc1ccnc(N2CCN(C)CC2)c1C)c1n[nH]c2cnc(-c3cncnc3)cc12. The Kier molecular flexibility index (Phi) is 5.24. The first-order valence-electron chi connectivity index (χ1n) is 10.5. The molecular formula is C23H25N9. The predicted octanol–water partition coefficient (Wildman–Crippen LogP) is 2.95. The van der Waals surface area contributed by atoms with Gasteiger partial charge in [0.05, 0.1) is 23.1 Å². The van der Waals surface area contributed by atoms with Crippen LogP contribution < -0.4 is 10.2 Å². The molecule has 9 nitrogen and oxygen atoms in total. The summed E-state index contributed by atoms with van der Waals surface area (Å²) in [7, 11) is 2.15. The quantitative estimate of drug-likeness (QED) is 0.502. The second-order valence-electron chi connectivity index (χ2n) is 8.02. The van der Waals surface area contributed by atoms with Crippen LogP contribution in [0.1, 0.15) is 11.3 Å². The van der Waals surface area contributed by atoms with Crippen LogP contribution in [0.3, 0.4) is 0 Å². The van der Waals surface area contributed by atoms with Crippen LogP contribution in [0.25, 0.3) is 27.9 Å². The number of nitrogens with zero attached hydrogens (tertiary/aromatic N) is 7. The minimum absolute atomic E-state index is 0.705. The molecule has 1 saturated heterocycles. The summed E-state index contributed by atoms with van der Waals surface area (Å²) in [6.45, 7) is 10.4. The molecule has 0 bridgehead atoms. The van der Waals surface area contributed by atoms with Crippen molar-refractivity contribution in [2.45, 2.75) is 6.92 Å². The normalized spacial score (nSPS) is 14.6. The average Bonchev–Trinajstić information content (AvgIpc) is 3.25. The molecule has 32 heavy (non-hydrogen) atoms. The second-order valence-corrected chi connectivity index (χ2v) is 8.02. The maximum atomic E-state index is 4.65. The Bertz CT molecular complexity index is 1260. The third-order valence-electron chi connectivity index (χ3n) is 5.86. The van der Waals surface area contributed by atoms with Gasteiger partial charge in [-0.2, -0.15) is 5.10 Å². The van der Waals surface area contributed by atoms with Gasteiger partial charge in [-0.05, 0) is 26.1 Å². The maximum Gasteiger partial charge on any atom is 0.133 e. The number of fused-ring (bicyclic) bond motifs is 1. The molecule has 1 fully saturated rings. The number of aromatic amines is 1. The third kappa shape index (κ3) is 3.78. The van der Waals surface area contributed by atoms with E-state index in [1.165, 1.54) is 6.33 Å². The summed E-state index contributed by atoms with van der Waals surface area (Å²) in [5, 5.41) is 11.9. The van der Waals surface area contributed by atoms with Gasteiger partial charge in [0.2, 0.25) is 0 Å². The van der Waals surface area contributed by atoms with Gasteiger partial charge >= 0.3 is 0 Å². The molecule has 0 unspecified atom stereocenters. The zero-order valence-electron chi connectivity index (χ0n) is 18.2. The molecular weight excluding hydrogens is 402 g/mol. The molecule has 0 saturated carbocycles. The number of aromatic nitrogens is 6. The molecule has 162 valence electrons. The van der Waals surface area contributed by atoms with Crippen molar-refractivity contribution >= 4 is 28.1 Å². The highest BCUT2D eigenvalue weighted by Gasteiger charge is 2.19. The fourth-order valence-electron chi connectivity index (χ4n) is 3.95. The molecule has 0 aromatic carbocycles. The highest BCUT2D eigenvalue weighted by atomic mass is 15.3. The number of likely N-dealkylation sites (N-methyl/N-ethyl adjacent to an activating group) is 1. The van der Waals surface area contributed by atoms with E-state index in [-0.39, 0.29) is 0 Å². The zero-order valence-corrected chi connectivity index (χ0v) is 18.2. The number of piperazine rings is 1. The largest absolute Gasteiger partial charge is 0.354 e. The van der Waals surface area contributed by atoms with Crippen LogP contribution in [-0.4, -0.2) is 68.3 Å². The smallest absolute Gasteiger partial charge is 0.133 e. The standard InChI is InChI=1S/C23H25N9/c1-15-19(4-5-26-23(15)32-8-6-31(3)7-9-32)28-16(2)22-18-10-20(17-11-24-14-25-12-17)27-13-21(18)29-30-22/h4-5,10-14H,2,6-9H2,1,3H3,(H,26,28)(H,29,30). The fourth-order valence-corrected chi connectivity index (χ4v) is 3.95. The van der Waals surface area contributed by atoms with Crippen LogP contribution >= 0.6 is 0 Å². The number of nitrogens with one attached hydrogen (secondary N) is 2. The highest BCUT2D eigenvalue weighted by molar-refractivity contribution is 5.94. The Morgan fingerprint density at radius 2 is 1.88 bits per heavy atom. The van der Waals surface area contributed by atoms with E-state index in [0.29, 0.717) is 5.70 Å². The van der Waals surface area contributed by atoms with E-state index >= 15 is 0 Å². The van der Waals surface area contributed by atoms with Crippen molar-refractivity contribution in [3.05, 3.63) is 61.1 Å². The van der Waals surface area contributed by atoms with Gasteiger partial charge in [-0.15, -0.1) is 0 Å². The topological polar surface area (TPSA) is 98.8 Å². The van der Waals surface area contributed by atoms with Crippen molar-refractivity contribution in [2.75, 3.05) is 43.4 Å². The second kappa shape index (κ2) is 8.35. The lowest BCUT2D eigenvalue weighted by molar-refractivity contribution is 0.312. The van der Waals surface area contributed by atoms with E-state index in [4.69, 9.17) is 0 Å². The molecule has 4 aromatic rings. The van der Waals surface area contributed by atoms with E-state index < -0.39 is 0 Å².